The van der Waals surface area contributed by atoms with Gasteiger partial charge in [0.2, 0.25) is 0 Å². The van der Waals surface area contributed by atoms with Gasteiger partial charge >= 0.3 is 0 Å². The number of aromatic nitrogens is 2. The highest BCUT2D eigenvalue weighted by Crippen LogP contribution is 2.23. The maximum atomic E-state index is 12.2. The van der Waals surface area contributed by atoms with Gasteiger partial charge in [0.1, 0.15) is 17.3 Å². The normalized spacial score (nSPS) is 11.1. The number of hydrogen-bond donors (Lipinski definition) is 1. The van der Waals surface area contributed by atoms with Crippen molar-refractivity contribution in [2.75, 3.05) is 14.2 Å². The molecule has 3 rings (SSSR count). The SMILES string of the molecule is COc1cc(/C=C/c2nc3ccc(I)cc3c(=O)[nH]2)cc(OC)c1. The van der Waals surface area contributed by atoms with Crippen molar-refractivity contribution in [2.45, 2.75) is 0 Å². The van der Waals surface area contributed by atoms with Crippen LogP contribution in [0.1, 0.15) is 11.4 Å². The molecule has 5 nitrogen and oxygen atoms in total. The maximum absolute atomic E-state index is 12.2. The van der Waals surface area contributed by atoms with Crippen molar-refractivity contribution in [3.8, 4) is 11.5 Å². The predicted octanol–water partition coefficient (Wildman–Crippen LogP) is 3.72. The van der Waals surface area contributed by atoms with Gasteiger partial charge in [-0.1, -0.05) is 6.08 Å². The van der Waals surface area contributed by atoms with Gasteiger partial charge in [-0.3, -0.25) is 4.79 Å². The number of H-pyrrole nitrogens is 1. The molecule has 24 heavy (non-hydrogen) atoms. The van der Waals surface area contributed by atoms with Crippen LogP contribution in [-0.4, -0.2) is 24.2 Å². The molecule has 0 spiro atoms. The molecule has 0 atom stereocenters. The summed E-state index contributed by atoms with van der Waals surface area (Å²) in [6, 6.07) is 11.1. The Morgan fingerprint density at radius 2 is 1.75 bits per heavy atom. The van der Waals surface area contributed by atoms with Gasteiger partial charge in [-0.05, 0) is 64.6 Å². The highest BCUT2D eigenvalue weighted by Gasteiger charge is 2.03. The first-order valence-corrected chi connectivity index (χ1v) is 8.27. The zero-order chi connectivity index (χ0) is 17.1. The van der Waals surface area contributed by atoms with Gasteiger partial charge in [0, 0.05) is 9.64 Å². The van der Waals surface area contributed by atoms with Gasteiger partial charge < -0.3 is 14.5 Å². The minimum atomic E-state index is -0.151. The molecule has 1 heterocycles. The molecule has 122 valence electrons. The smallest absolute Gasteiger partial charge is 0.259 e. The van der Waals surface area contributed by atoms with Crippen LogP contribution in [0.15, 0.2) is 41.2 Å². The van der Waals surface area contributed by atoms with E-state index in [-0.39, 0.29) is 5.56 Å². The molecule has 0 unspecified atom stereocenters. The van der Waals surface area contributed by atoms with Crippen LogP contribution >= 0.6 is 22.6 Å². The number of rotatable bonds is 4. The Balaban J connectivity index is 1.99. The van der Waals surface area contributed by atoms with Gasteiger partial charge in [0.25, 0.3) is 5.56 Å². The quantitative estimate of drug-likeness (QED) is 0.636. The van der Waals surface area contributed by atoms with E-state index >= 15 is 0 Å². The minimum Gasteiger partial charge on any atom is -0.497 e. The third-order valence-electron chi connectivity index (χ3n) is 3.49. The Morgan fingerprint density at radius 3 is 2.42 bits per heavy atom. The third kappa shape index (κ3) is 3.59. The number of benzene rings is 2. The minimum absolute atomic E-state index is 0.151. The van der Waals surface area contributed by atoms with Gasteiger partial charge in [-0.2, -0.15) is 0 Å². The predicted molar refractivity (Wildman–Crippen MR) is 104 cm³/mol. The summed E-state index contributed by atoms with van der Waals surface area (Å²) >= 11 is 2.17. The first-order valence-electron chi connectivity index (χ1n) is 7.20. The lowest BCUT2D eigenvalue weighted by Gasteiger charge is -2.05. The van der Waals surface area contributed by atoms with Crippen LogP contribution in [0.5, 0.6) is 11.5 Å². The topological polar surface area (TPSA) is 64.2 Å². The first kappa shape index (κ1) is 16.5. The van der Waals surface area contributed by atoms with Gasteiger partial charge in [0.15, 0.2) is 0 Å². The van der Waals surface area contributed by atoms with E-state index in [2.05, 4.69) is 32.6 Å². The Morgan fingerprint density at radius 1 is 1.04 bits per heavy atom. The summed E-state index contributed by atoms with van der Waals surface area (Å²) in [4.78, 5) is 19.4. The van der Waals surface area contributed by atoms with Crippen molar-refractivity contribution in [3.05, 3.63) is 61.7 Å². The lowest BCUT2D eigenvalue weighted by molar-refractivity contribution is 0.394. The molecule has 6 heteroatoms. The van der Waals surface area contributed by atoms with Crippen LogP contribution in [-0.2, 0) is 0 Å². The van der Waals surface area contributed by atoms with E-state index in [1.807, 2.05) is 36.4 Å². The number of nitrogens with zero attached hydrogens (tertiary/aromatic N) is 1. The van der Waals surface area contributed by atoms with E-state index in [9.17, 15) is 4.79 Å². The Hall–Kier alpha value is -2.35. The van der Waals surface area contributed by atoms with Crippen molar-refractivity contribution >= 4 is 45.6 Å². The molecule has 0 aliphatic carbocycles. The van der Waals surface area contributed by atoms with E-state index in [4.69, 9.17) is 9.47 Å². The largest absolute Gasteiger partial charge is 0.497 e. The number of aromatic amines is 1. The molecule has 0 aliphatic rings. The summed E-state index contributed by atoms with van der Waals surface area (Å²) in [6.07, 6.45) is 3.61. The molecular formula is C18H15IN2O3. The summed E-state index contributed by atoms with van der Waals surface area (Å²) in [5, 5.41) is 0.585. The van der Waals surface area contributed by atoms with Crippen LogP contribution in [0, 0.1) is 3.57 Å². The van der Waals surface area contributed by atoms with Gasteiger partial charge in [-0.25, -0.2) is 4.98 Å². The summed E-state index contributed by atoms with van der Waals surface area (Å²) in [5.41, 5.74) is 1.40. The highest BCUT2D eigenvalue weighted by atomic mass is 127. The second kappa shape index (κ2) is 7.04. The highest BCUT2D eigenvalue weighted by molar-refractivity contribution is 14.1. The molecule has 1 aromatic heterocycles. The standard InChI is InChI=1S/C18H15IN2O3/c1-23-13-7-11(8-14(10-13)24-2)3-6-17-20-16-5-4-12(19)9-15(16)18(22)21-17/h3-10H,1-2H3,(H,20,21,22)/b6-3+. The van der Waals surface area contributed by atoms with E-state index in [0.29, 0.717) is 28.2 Å². The Labute approximate surface area is 152 Å². The van der Waals surface area contributed by atoms with Gasteiger partial charge in [-0.15, -0.1) is 0 Å². The summed E-state index contributed by atoms with van der Waals surface area (Å²) in [5.74, 6) is 1.89. The second-order valence-electron chi connectivity index (χ2n) is 5.09. The van der Waals surface area contributed by atoms with Crippen LogP contribution in [0.4, 0.5) is 0 Å². The van der Waals surface area contributed by atoms with Crippen LogP contribution in [0.25, 0.3) is 23.1 Å². The fraction of sp³-hybridized carbons (Fsp3) is 0.111. The number of halogens is 1. The fourth-order valence-electron chi connectivity index (χ4n) is 2.31. The summed E-state index contributed by atoms with van der Waals surface area (Å²) in [6.45, 7) is 0. The fourth-order valence-corrected chi connectivity index (χ4v) is 2.80. The molecule has 3 aromatic rings. The lowest BCUT2D eigenvalue weighted by Crippen LogP contribution is -2.09. The third-order valence-corrected chi connectivity index (χ3v) is 4.16. The number of methoxy groups -OCH3 is 2. The molecule has 0 saturated carbocycles. The van der Waals surface area contributed by atoms with E-state index in [1.54, 1.807) is 26.4 Å². The van der Waals surface area contributed by atoms with E-state index in [1.165, 1.54) is 0 Å². The number of nitrogens with one attached hydrogen (secondary N) is 1. The molecule has 0 amide bonds. The summed E-state index contributed by atoms with van der Waals surface area (Å²) < 4.78 is 11.5. The number of fused-ring (bicyclic) bond motifs is 1. The van der Waals surface area contributed by atoms with Gasteiger partial charge in [0.05, 0.1) is 25.1 Å². The van der Waals surface area contributed by atoms with Crippen molar-refractivity contribution in [1.82, 2.24) is 9.97 Å². The lowest BCUT2D eigenvalue weighted by atomic mass is 10.2. The molecule has 0 aliphatic heterocycles. The van der Waals surface area contributed by atoms with Crippen LogP contribution in [0.3, 0.4) is 0 Å². The molecular weight excluding hydrogens is 419 g/mol. The molecule has 0 radical (unpaired) electrons. The van der Waals surface area contributed by atoms with Crippen molar-refractivity contribution in [2.24, 2.45) is 0 Å². The van der Waals surface area contributed by atoms with Crippen LogP contribution in [0.2, 0.25) is 0 Å². The molecule has 0 saturated heterocycles. The monoisotopic (exact) mass is 434 g/mol. The molecule has 1 N–H and O–H groups in total. The Kier molecular flexibility index (Phi) is 4.84. The second-order valence-corrected chi connectivity index (χ2v) is 6.34. The Bertz CT molecular complexity index is 957. The average molecular weight is 434 g/mol. The number of ether oxygens (including phenoxy) is 2. The zero-order valence-corrected chi connectivity index (χ0v) is 15.3. The van der Waals surface area contributed by atoms with Crippen molar-refractivity contribution in [3.63, 3.8) is 0 Å². The average Bonchev–Trinajstić information content (AvgIpc) is 2.60. The first-order chi connectivity index (χ1) is 11.6. The van der Waals surface area contributed by atoms with Crippen LogP contribution < -0.4 is 15.0 Å². The van der Waals surface area contributed by atoms with Crippen molar-refractivity contribution in [1.29, 1.82) is 0 Å². The molecule has 2 aromatic carbocycles. The van der Waals surface area contributed by atoms with E-state index in [0.717, 1.165) is 9.13 Å². The zero-order valence-electron chi connectivity index (χ0n) is 13.2. The maximum Gasteiger partial charge on any atom is 0.259 e. The molecule has 0 fully saturated rings. The number of hydrogen-bond acceptors (Lipinski definition) is 4. The van der Waals surface area contributed by atoms with Crippen molar-refractivity contribution < 1.29 is 9.47 Å². The summed E-state index contributed by atoms with van der Waals surface area (Å²) in [7, 11) is 3.21. The van der Waals surface area contributed by atoms with E-state index < -0.39 is 0 Å². The molecule has 0 bridgehead atoms.